The first-order valence-electron chi connectivity index (χ1n) is 9.77. The topological polar surface area (TPSA) is 95.0 Å². The van der Waals surface area contributed by atoms with Crippen molar-refractivity contribution in [3.63, 3.8) is 0 Å². The predicted molar refractivity (Wildman–Crippen MR) is 114 cm³/mol. The van der Waals surface area contributed by atoms with Crippen molar-refractivity contribution in [2.45, 2.75) is 12.5 Å². The lowest BCUT2D eigenvalue weighted by Crippen LogP contribution is -2.28. The molecule has 3 aromatic heterocycles. The summed E-state index contributed by atoms with van der Waals surface area (Å²) in [6.07, 6.45) is 3.88. The number of ether oxygens (including phenoxy) is 1. The van der Waals surface area contributed by atoms with Crippen molar-refractivity contribution in [1.82, 2.24) is 29.1 Å². The zero-order chi connectivity index (χ0) is 20.9. The quantitative estimate of drug-likeness (QED) is 0.451. The lowest BCUT2D eigenvalue weighted by Gasteiger charge is -2.26. The van der Waals surface area contributed by atoms with Crippen molar-refractivity contribution in [3.05, 3.63) is 82.5 Å². The molecule has 0 saturated heterocycles. The zero-order valence-electron chi connectivity index (χ0n) is 16.2. The maximum Gasteiger partial charge on any atom is 0.328 e. The molecule has 0 fully saturated rings. The van der Waals surface area contributed by atoms with E-state index < -0.39 is 0 Å². The van der Waals surface area contributed by atoms with Crippen LogP contribution >= 0.6 is 0 Å². The summed E-state index contributed by atoms with van der Waals surface area (Å²) < 4.78 is 9.16. The molecule has 4 heterocycles. The number of hydrogen-bond donors (Lipinski definition) is 1. The van der Waals surface area contributed by atoms with Gasteiger partial charge in [0.2, 0.25) is 5.95 Å². The maximum absolute atomic E-state index is 12.9. The molecule has 1 unspecified atom stereocenters. The molecule has 9 heteroatoms. The minimum atomic E-state index is -0.242. The number of H-pyrrole nitrogens is 1. The van der Waals surface area contributed by atoms with Gasteiger partial charge in [-0.05, 0) is 18.2 Å². The van der Waals surface area contributed by atoms with Gasteiger partial charge in [-0.15, -0.1) is 0 Å². The Hall–Kier alpha value is -4.45. The van der Waals surface area contributed by atoms with E-state index in [2.05, 4.69) is 19.8 Å². The molecule has 0 amide bonds. The largest absolute Gasteiger partial charge is 0.493 e. The highest BCUT2D eigenvalue weighted by Crippen LogP contribution is 2.35. The molecule has 0 aliphatic carbocycles. The number of imidazole rings is 2. The molecule has 0 radical (unpaired) electrons. The molecular formula is C22H15N7O2. The molecule has 1 atom stereocenters. The molecule has 9 nitrogen and oxygen atoms in total. The average molecular weight is 409 g/mol. The molecule has 0 spiro atoms. The molecule has 1 aliphatic rings. The van der Waals surface area contributed by atoms with Crippen LogP contribution in [-0.4, -0.2) is 35.7 Å². The number of benzene rings is 2. The van der Waals surface area contributed by atoms with E-state index in [1.807, 2.05) is 24.3 Å². The molecule has 0 bridgehead atoms. The standard InChI is InChI=1S/C22H15N7O2/c1-23-13-6-7-15-18(10-13)28(12-25-15)21-24-11-16-20(27-21)29(22(30)26-16)17-8-9-31-19-5-3-2-4-14(17)19/h2-7,10-12,17H,8-9H2,(H,26,30). The molecule has 1 aliphatic heterocycles. The Bertz CT molecular complexity index is 1570. The Kier molecular flexibility index (Phi) is 3.67. The van der Waals surface area contributed by atoms with Gasteiger partial charge in [0, 0.05) is 12.0 Å². The molecule has 2 aromatic carbocycles. The van der Waals surface area contributed by atoms with E-state index in [1.165, 1.54) is 0 Å². The van der Waals surface area contributed by atoms with Crippen LogP contribution < -0.4 is 10.4 Å². The number of aromatic nitrogens is 6. The van der Waals surface area contributed by atoms with Crippen molar-refractivity contribution in [3.8, 4) is 11.7 Å². The third-order valence-electron chi connectivity index (χ3n) is 5.56. The van der Waals surface area contributed by atoms with Crippen LogP contribution in [0.25, 0.3) is 33.0 Å². The van der Waals surface area contributed by atoms with E-state index in [0.717, 1.165) is 22.3 Å². The maximum atomic E-state index is 12.9. The Morgan fingerprint density at radius 1 is 1.19 bits per heavy atom. The highest BCUT2D eigenvalue weighted by Gasteiger charge is 2.26. The Labute approximate surface area is 175 Å². The normalized spacial score (nSPS) is 15.5. The van der Waals surface area contributed by atoms with Crippen LogP contribution in [0.5, 0.6) is 5.75 Å². The van der Waals surface area contributed by atoms with E-state index in [9.17, 15) is 4.79 Å². The van der Waals surface area contributed by atoms with Gasteiger partial charge < -0.3 is 9.72 Å². The zero-order valence-corrected chi connectivity index (χ0v) is 16.2. The fraction of sp³-hybridized carbons (Fsp3) is 0.136. The number of rotatable bonds is 2. The van der Waals surface area contributed by atoms with E-state index in [4.69, 9.17) is 16.3 Å². The van der Waals surface area contributed by atoms with Crippen molar-refractivity contribution < 1.29 is 4.74 Å². The van der Waals surface area contributed by atoms with Crippen molar-refractivity contribution >= 4 is 27.9 Å². The highest BCUT2D eigenvalue weighted by atomic mass is 16.5. The van der Waals surface area contributed by atoms with Crippen LogP contribution in [0.15, 0.2) is 59.8 Å². The summed E-state index contributed by atoms with van der Waals surface area (Å²) in [6, 6.07) is 12.8. The summed E-state index contributed by atoms with van der Waals surface area (Å²) in [5, 5.41) is 0. The molecule has 6 rings (SSSR count). The molecular weight excluding hydrogens is 394 g/mol. The second-order valence-corrected chi connectivity index (χ2v) is 7.30. The summed E-state index contributed by atoms with van der Waals surface area (Å²) >= 11 is 0. The molecule has 31 heavy (non-hydrogen) atoms. The Morgan fingerprint density at radius 2 is 2.10 bits per heavy atom. The van der Waals surface area contributed by atoms with Gasteiger partial charge in [-0.1, -0.05) is 24.3 Å². The van der Waals surface area contributed by atoms with Crippen molar-refractivity contribution in [2.75, 3.05) is 6.61 Å². The summed E-state index contributed by atoms with van der Waals surface area (Å²) in [4.78, 5) is 32.8. The number of nitrogens with zero attached hydrogens (tertiary/aromatic N) is 6. The first-order valence-corrected chi connectivity index (χ1v) is 9.77. The molecule has 150 valence electrons. The first-order chi connectivity index (χ1) is 15.2. The fourth-order valence-corrected chi connectivity index (χ4v) is 4.13. The van der Waals surface area contributed by atoms with E-state index in [1.54, 1.807) is 39.9 Å². The van der Waals surface area contributed by atoms with Gasteiger partial charge in [0.15, 0.2) is 11.3 Å². The van der Waals surface area contributed by atoms with Gasteiger partial charge in [-0.3, -0.25) is 9.13 Å². The second kappa shape index (κ2) is 6.53. The van der Waals surface area contributed by atoms with Crippen LogP contribution in [0.2, 0.25) is 0 Å². The minimum absolute atomic E-state index is 0.192. The third-order valence-corrected chi connectivity index (χ3v) is 5.56. The van der Waals surface area contributed by atoms with Gasteiger partial charge in [0.25, 0.3) is 0 Å². The first kappa shape index (κ1) is 17.4. The number of fused-ring (bicyclic) bond motifs is 3. The summed E-state index contributed by atoms with van der Waals surface area (Å²) in [6.45, 7) is 7.79. The average Bonchev–Trinajstić information content (AvgIpc) is 3.37. The van der Waals surface area contributed by atoms with E-state index in [-0.39, 0.29) is 11.7 Å². The lowest BCUT2D eigenvalue weighted by atomic mass is 10.0. The number of hydrogen-bond acceptors (Lipinski definition) is 5. The van der Waals surface area contributed by atoms with Crippen LogP contribution in [0.3, 0.4) is 0 Å². The van der Waals surface area contributed by atoms with Crippen molar-refractivity contribution in [2.24, 2.45) is 0 Å². The van der Waals surface area contributed by atoms with Crippen LogP contribution in [0, 0.1) is 6.57 Å². The smallest absolute Gasteiger partial charge is 0.328 e. The van der Waals surface area contributed by atoms with Gasteiger partial charge in [-0.2, -0.15) is 4.98 Å². The number of nitrogens with one attached hydrogen (secondary N) is 1. The van der Waals surface area contributed by atoms with Crippen LogP contribution in [-0.2, 0) is 0 Å². The number of aromatic amines is 1. The monoisotopic (exact) mass is 409 g/mol. The number of para-hydroxylation sites is 1. The van der Waals surface area contributed by atoms with E-state index >= 15 is 0 Å². The fourth-order valence-electron chi connectivity index (χ4n) is 4.13. The third kappa shape index (κ3) is 2.62. The Balaban J connectivity index is 1.56. The second-order valence-electron chi connectivity index (χ2n) is 7.30. The van der Waals surface area contributed by atoms with Gasteiger partial charge in [0.05, 0.1) is 36.5 Å². The summed E-state index contributed by atoms with van der Waals surface area (Å²) in [5.41, 5.74) is 3.76. The highest BCUT2D eigenvalue weighted by molar-refractivity contribution is 5.81. The van der Waals surface area contributed by atoms with Gasteiger partial charge in [-0.25, -0.2) is 19.6 Å². The van der Waals surface area contributed by atoms with Gasteiger partial charge >= 0.3 is 5.69 Å². The SMILES string of the molecule is [C-]#[N+]c1ccc2ncn(-c3ncc4[nH]c(=O)n(C5CCOc6ccccc65)c4n3)c2c1. The molecule has 0 saturated carbocycles. The molecule has 1 N–H and O–H groups in total. The molecule has 5 aromatic rings. The predicted octanol–water partition coefficient (Wildman–Crippen LogP) is 3.38. The van der Waals surface area contributed by atoms with Crippen LogP contribution in [0.1, 0.15) is 18.0 Å². The van der Waals surface area contributed by atoms with E-state index in [0.29, 0.717) is 35.8 Å². The van der Waals surface area contributed by atoms with Crippen LogP contribution in [0.4, 0.5) is 5.69 Å². The lowest BCUT2D eigenvalue weighted by molar-refractivity contribution is 0.256. The van der Waals surface area contributed by atoms with Gasteiger partial charge in [0.1, 0.15) is 17.6 Å². The summed E-state index contributed by atoms with van der Waals surface area (Å²) in [7, 11) is 0. The van der Waals surface area contributed by atoms with Crippen molar-refractivity contribution in [1.29, 1.82) is 0 Å². The minimum Gasteiger partial charge on any atom is -0.493 e. The summed E-state index contributed by atoms with van der Waals surface area (Å²) in [5.74, 6) is 1.16. The Morgan fingerprint density at radius 3 is 3.00 bits per heavy atom.